The van der Waals surface area contributed by atoms with Crippen LogP contribution < -0.4 is 10.5 Å². The van der Waals surface area contributed by atoms with Gasteiger partial charge in [0.25, 0.3) is 0 Å². The fourth-order valence-corrected chi connectivity index (χ4v) is 1.79. The average molecular weight is 208 g/mol. The fourth-order valence-electron chi connectivity index (χ4n) is 0.712. The average Bonchev–Trinajstić information content (AvgIpc) is 2.03. The normalized spacial score (nSPS) is 16.5. The molecule has 1 unspecified atom stereocenters. The highest BCUT2D eigenvalue weighted by atomic mass is 32.2. The number of amides is 1. The van der Waals surface area contributed by atoms with E-state index in [0.29, 0.717) is 6.42 Å². The van der Waals surface area contributed by atoms with Crippen LogP contribution in [-0.2, 0) is 14.8 Å². The molecule has 0 saturated carbocycles. The highest BCUT2D eigenvalue weighted by molar-refractivity contribution is 7.89. The summed E-state index contributed by atoms with van der Waals surface area (Å²) in [6, 6.07) is 0. The first-order valence-electron chi connectivity index (χ1n) is 4.09. The molecule has 0 spiro atoms. The standard InChI is InChI=1S/C7H16N2O3S/c1-4-7(3,6(8)10)9-13(11,12)5-2/h9H,4-5H2,1-3H3,(H2,8,10). The van der Waals surface area contributed by atoms with Crippen LogP contribution in [-0.4, -0.2) is 25.6 Å². The van der Waals surface area contributed by atoms with E-state index in [9.17, 15) is 13.2 Å². The summed E-state index contributed by atoms with van der Waals surface area (Å²) in [6.45, 7) is 4.67. The van der Waals surface area contributed by atoms with Crippen molar-refractivity contribution in [3.05, 3.63) is 0 Å². The summed E-state index contributed by atoms with van der Waals surface area (Å²) < 4.78 is 24.6. The minimum Gasteiger partial charge on any atom is -0.368 e. The van der Waals surface area contributed by atoms with Crippen LogP contribution in [0.1, 0.15) is 27.2 Å². The maximum absolute atomic E-state index is 11.2. The Bertz CT molecular complexity index is 286. The van der Waals surface area contributed by atoms with Gasteiger partial charge in [-0.25, -0.2) is 8.42 Å². The third-order valence-electron chi connectivity index (χ3n) is 2.01. The number of hydrogen-bond acceptors (Lipinski definition) is 3. The summed E-state index contributed by atoms with van der Waals surface area (Å²) in [5, 5.41) is 0. The second-order valence-corrected chi connectivity index (χ2v) is 5.07. The van der Waals surface area contributed by atoms with Crippen molar-refractivity contribution in [1.29, 1.82) is 0 Å². The van der Waals surface area contributed by atoms with E-state index >= 15 is 0 Å². The molecule has 0 rings (SSSR count). The van der Waals surface area contributed by atoms with Gasteiger partial charge < -0.3 is 5.73 Å². The predicted octanol–water partition coefficient (Wildman–Crippen LogP) is -0.420. The molecule has 1 atom stereocenters. The molecule has 6 heteroatoms. The number of carbonyl (C=O) groups is 1. The molecule has 0 bridgehead atoms. The quantitative estimate of drug-likeness (QED) is 0.643. The second-order valence-electron chi connectivity index (χ2n) is 3.06. The van der Waals surface area contributed by atoms with Crippen LogP contribution in [0.4, 0.5) is 0 Å². The van der Waals surface area contributed by atoms with Crippen molar-refractivity contribution in [1.82, 2.24) is 4.72 Å². The number of sulfonamides is 1. The van der Waals surface area contributed by atoms with Crippen LogP contribution in [0, 0.1) is 0 Å². The zero-order valence-electron chi connectivity index (χ0n) is 8.12. The lowest BCUT2D eigenvalue weighted by molar-refractivity contribution is -0.123. The van der Waals surface area contributed by atoms with Crippen molar-refractivity contribution in [2.45, 2.75) is 32.7 Å². The third-order valence-corrected chi connectivity index (χ3v) is 3.53. The van der Waals surface area contributed by atoms with Crippen molar-refractivity contribution >= 4 is 15.9 Å². The van der Waals surface area contributed by atoms with E-state index < -0.39 is 21.5 Å². The lowest BCUT2D eigenvalue weighted by Gasteiger charge is -2.24. The Kier molecular flexibility index (Phi) is 3.87. The zero-order chi connectivity index (χ0) is 10.7. The summed E-state index contributed by atoms with van der Waals surface area (Å²) in [5.41, 5.74) is 3.91. The van der Waals surface area contributed by atoms with Crippen molar-refractivity contribution in [3.63, 3.8) is 0 Å². The van der Waals surface area contributed by atoms with Crippen molar-refractivity contribution in [2.24, 2.45) is 5.73 Å². The lowest BCUT2D eigenvalue weighted by atomic mass is 10.0. The molecule has 0 radical (unpaired) electrons. The molecule has 0 saturated heterocycles. The highest BCUT2D eigenvalue weighted by Gasteiger charge is 2.32. The lowest BCUT2D eigenvalue weighted by Crippen LogP contribution is -2.55. The molecule has 0 aliphatic carbocycles. The summed E-state index contributed by atoms with van der Waals surface area (Å²) in [4.78, 5) is 10.9. The van der Waals surface area contributed by atoms with Gasteiger partial charge in [-0.05, 0) is 20.3 Å². The molecule has 0 aromatic rings. The highest BCUT2D eigenvalue weighted by Crippen LogP contribution is 2.09. The molecule has 0 heterocycles. The van der Waals surface area contributed by atoms with Crippen molar-refractivity contribution in [2.75, 3.05) is 5.75 Å². The van der Waals surface area contributed by atoms with Gasteiger partial charge in [-0.15, -0.1) is 0 Å². The first-order valence-corrected chi connectivity index (χ1v) is 5.74. The van der Waals surface area contributed by atoms with Gasteiger partial charge in [-0.3, -0.25) is 4.79 Å². The van der Waals surface area contributed by atoms with Gasteiger partial charge in [0.1, 0.15) is 5.54 Å². The van der Waals surface area contributed by atoms with Gasteiger partial charge in [0, 0.05) is 0 Å². The largest absolute Gasteiger partial charge is 0.368 e. The van der Waals surface area contributed by atoms with Crippen molar-refractivity contribution in [3.8, 4) is 0 Å². The summed E-state index contributed by atoms with van der Waals surface area (Å²) in [6.07, 6.45) is 0.335. The van der Waals surface area contributed by atoms with E-state index in [-0.39, 0.29) is 5.75 Å². The van der Waals surface area contributed by atoms with Gasteiger partial charge >= 0.3 is 0 Å². The molecular formula is C7H16N2O3S. The molecule has 1 amide bonds. The number of carbonyl (C=O) groups excluding carboxylic acids is 1. The summed E-state index contributed by atoms with van der Waals surface area (Å²) in [5.74, 6) is -0.720. The Morgan fingerprint density at radius 2 is 1.92 bits per heavy atom. The molecule has 0 aromatic heterocycles. The minimum absolute atomic E-state index is 0.0597. The number of nitrogens with one attached hydrogen (secondary N) is 1. The number of hydrogen-bond donors (Lipinski definition) is 2. The fraction of sp³-hybridized carbons (Fsp3) is 0.857. The maximum atomic E-state index is 11.2. The Labute approximate surface area is 78.7 Å². The second kappa shape index (κ2) is 4.06. The molecular weight excluding hydrogens is 192 g/mol. The monoisotopic (exact) mass is 208 g/mol. The molecule has 0 fully saturated rings. The topological polar surface area (TPSA) is 89.3 Å². The van der Waals surface area contributed by atoms with E-state index in [1.807, 2.05) is 0 Å². The Hall–Kier alpha value is -0.620. The number of rotatable bonds is 5. The minimum atomic E-state index is -3.39. The Morgan fingerprint density at radius 3 is 2.15 bits per heavy atom. The van der Waals surface area contributed by atoms with Gasteiger partial charge in [0.2, 0.25) is 15.9 Å². The van der Waals surface area contributed by atoms with Crippen LogP contribution >= 0.6 is 0 Å². The van der Waals surface area contributed by atoms with Crippen LogP contribution in [0.3, 0.4) is 0 Å². The van der Waals surface area contributed by atoms with E-state index in [1.54, 1.807) is 6.92 Å². The molecule has 3 N–H and O–H groups in total. The smallest absolute Gasteiger partial charge is 0.238 e. The zero-order valence-corrected chi connectivity index (χ0v) is 8.94. The van der Waals surface area contributed by atoms with Crippen LogP contribution in [0.2, 0.25) is 0 Å². The van der Waals surface area contributed by atoms with E-state index in [4.69, 9.17) is 5.73 Å². The molecule has 13 heavy (non-hydrogen) atoms. The number of primary amides is 1. The van der Waals surface area contributed by atoms with E-state index in [0.717, 1.165) is 0 Å². The number of nitrogens with two attached hydrogens (primary N) is 1. The summed E-state index contributed by atoms with van der Waals surface area (Å²) in [7, 11) is -3.39. The van der Waals surface area contributed by atoms with Crippen LogP contribution in [0.5, 0.6) is 0 Å². The first kappa shape index (κ1) is 12.4. The Morgan fingerprint density at radius 1 is 1.46 bits per heavy atom. The summed E-state index contributed by atoms with van der Waals surface area (Å²) >= 11 is 0. The molecule has 5 nitrogen and oxygen atoms in total. The van der Waals surface area contributed by atoms with Gasteiger partial charge in [0.05, 0.1) is 5.75 Å². The molecule has 0 aliphatic heterocycles. The van der Waals surface area contributed by atoms with E-state index in [2.05, 4.69) is 4.72 Å². The SMILES string of the molecule is CCC(C)(NS(=O)(=O)CC)C(N)=O. The van der Waals surface area contributed by atoms with Gasteiger partial charge in [-0.2, -0.15) is 4.72 Å². The van der Waals surface area contributed by atoms with Gasteiger partial charge in [0.15, 0.2) is 0 Å². The van der Waals surface area contributed by atoms with Crippen molar-refractivity contribution < 1.29 is 13.2 Å². The first-order chi connectivity index (χ1) is 5.77. The maximum Gasteiger partial charge on any atom is 0.238 e. The molecule has 78 valence electrons. The third kappa shape index (κ3) is 3.31. The predicted molar refractivity (Wildman–Crippen MR) is 50.5 cm³/mol. The Balaban J connectivity index is 4.75. The van der Waals surface area contributed by atoms with Gasteiger partial charge in [-0.1, -0.05) is 6.92 Å². The van der Waals surface area contributed by atoms with Crippen LogP contribution in [0.25, 0.3) is 0 Å². The van der Waals surface area contributed by atoms with E-state index in [1.165, 1.54) is 13.8 Å². The molecule has 0 aliphatic rings. The molecule has 0 aromatic carbocycles. The van der Waals surface area contributed by atoms with Crippen LogP contribution in [0.15, 0.2) is 0 Å².